The molecule has 0 saturated carbocycles. The number of imidazole rings is 1. The first-order valence-electron chi connectivity index (χ1n) is 16.5. The SMILES string of the molecule is CCN(Cc1nc2c(N)nc3ccccc3c2n1CC(C)(C)O)C(=O)OCc1ccc(O[C@@H]2O[C@H](C(=O)O)[C@@H](O)[C@H](O)[C@H]2O)c(NC(=O)CCN)c1. The largest absolute Gasteiger partial charge is 0.479 e. The number of aliphatic hydroxyl groups excluding tert-OH is 3. The molecule has 2 aromatic carbocycles. The number of nitrogen functional groups attached to an aromatic ring is 1. The third-order valence-electron chi connectivity index (χ3n) is 8.31. The number of carboxylic acids is 1. The van der Waals surface area contributed by atoms with Crippen LogP contribution < -0.4 is 21.5 Å². The number of aliphatic hydroxyl groups is 4. The maximum Gasteiger partial charge on any atom is 0.410 e. The van der Waals surface area contributed by atoms with Crippen molar-refractivity contribution in [1.82, 2.24) is 19.4 Å². The first-order chi connectivity index (χ1) is 24.6. The normalized spacial score (nSPS) is 20.5. The maximum atomic E-state index is 13.4. The molecule has 0 unspecified atom stereocenters. The fraction of sp³-hybridized carbons (Fsp3) is 0.441. The van der Waals surface area contributed by atoms with Crippen LogP contribution >= 0.6 is 0 Å². The number of ether oxygens (including phenoxy) is 3. The molecule has 2 amide bonds. The van der Waals surface area contributed by atoms with Crippen LogP contribution in [0.2, 0.25) is 0 Å². The van der Waals surface area contributed by atoms with Crippen molar-refractivity contribution in [2.45, 2.75) is 83.2 Å². The monoisotopic (exact) mass is 725 g/mol. The van der Waals surface area contributed by atoms with Gasteiger partial charge in [-0.15, -0.1) is 0 Å². The number of nitrogens with two attached hydrogens (primary N) is 2. The molecule has 4 aromatic rings. The quantitative estimate of drug-likeness (QED) is 0.0940. The smallest absolute Gasteiger partial charge is 0.410 e. The molecule has 0 spiro atoms. The number of aliphatic carboxylic acids is 1. The van der Waals surface area contributed by atoms with Crippen molar-refractivity contribution in [1.29, 1.82) is 0 Å². The zero-order valence-electron chi connectivity index (χ0n) is 28.8. The van der Waals surface area contributed by atoms with Gasteiger partial charge >= 0.3 is 12.1 Å². The van der Waals surface area contributed by atoms with Gasteiger partial charge in [-0.3, -0.25) is 4.79 Å². The summed E-state index contributed by atoms with van der Waals surface area (Å²) in [4.78, 5) is 48.1. The summed E-state index contributed by atoms with van der Waals surface area (Å²) < 4.78 is 18.4. The number of hydrogen-bond acceptors (Lipinski definition) is 14. The number of rotatable bonds is 13. The van der Waals surface area contributed by atoms with Gasteiger partial charge in [0.05, 0.1) is 35.4 Å². The lowest BCUT2D eigenvalue weighted by Crippen LogP contribution is -2.61. The number of carbonyl (C=O) groups is 3. The third-order valence-corrected chi connectivity index (χ3v) is 8.31. The predicted molar refractivity (Wildman–Crippen MR) is 186 cm³/mol. The van der Waals surface area contributed by atoms with Crippen molar-refractivity contribution in [3.05, 3.63) is 53.9 Å². The van der Waals surface area contributed by atoms with E-state index in [9.17, 15) is 39.9 Å². The van der Waals surface area contributed by atoms with E-state index in [1.807, 2.05) is 28.8 Å². The third kappa shape index (κ3) is 8.33. The molecule has 1 fully saturated rings. The second kappa shape index (κ2) is 15.6. The van der Waals surface area contributed by atoms with Crippen LogP contribution in [0.3, 0.4) is 0 Å². The summed E-state index contributed by atoms with van der Waals surface area (Å²) in [6.07, 6.45) is -10.1. The molecular formula is C34H43N7O11. The van der Waals surface area contributed by atoms with E-state index >= 15 is 0 Å². The van der Waals surface area contributed by atoms with Crippen molar-refractivity contribution in [3.63, 3.8) is 0 Å². The number of benzene rings is 2. The molecule has 1 saturated heterocycles. The van der Waals surface area contributed by atoms with Crippen LogP contribution in [0, 0.1) is 0 Å². The molecule has 2 aromatic heterocycles. The lowest BCUT2D eigenvalue weighted by molar-refractivity contribution is -0.271. The molecule has 1 aliphatic rings. The van der Waals surface area contributed by atoms with Crippen LogP contribution in [0.4, 0.5) is 16.3 Å². The minimum absolute atomic E-state index is 0.00261. The molecule has 0 bridgehead atoms. The molecular weight excluding hydrogens is 682 g/mol. The number of nitrogens with one attached hydrogen (secondary N) is 1. The van der Waals surface area contributed by atoms with E-state index in [1.54, 1.807) is 20.8 Å². The summed E-state index contributed by atoms with van der Waals surface area (Å²) in [7, 11) is 0. The van der Waals surface area contributed by atoms with Crippen LogP contribution in [-0.2, 0) is 38.8 Å². The molecule has 18 heteroatoms. The lowest BCUT2D eigenvalue weighted by Gasteiger charge is -2.38. The Hall–Kier alpha value is -5.11. The van der Waals surface area contributed by atoms with Crippen LogP contribution in [-0.4, -0.2) is 112 Å². The zero-order chi connectivity index (χ0) is 37.9. The average Bonchev–Trinajstić information content (AvgIpc) is 3.44. The number of pyridine rings is 1. The van der Waals surface area contributed by atoms with Gasteiger partial charge < -0.3 is 66.0 Å². The number of nitrogens with zero attached hydrogens (tertiary/aromatic N) is 4. The van der Waals surface area contributed by atoms with E-state index in [1.165, 1.54) is 23.1 Å². The van der Waals surface area contributed by atoms with E-state index < -0.39 is 54.3 Å². The summed E-state index contributed by atoms with van der Waals surface area (Å²) in [6.45, 7) is 5.24. The number of hydrogen-bond donors (Lipinski definition) is 8. The van der Waals surface area contributed by atoms with Gasteiger partial charge in [0.2, 0.25) is 12.2 Å². The fourth-order valence-corrected chi connectivity index (χ4v) is 5.78. The van der Waals surface area contributed by atoms with E-state index in [2.05, 4.69) is 10.3 Å². The van der Waals surface area contributed by atoms with Gasteiger partial charge in [-0.1, -0.05) is 24.3 Å². The number of aromatic nitrogens is 3. The Kier molecular flexibility index (Phi) is 11.5. The van der Waals surface area contributed by atoms with Crippen LogP contribution in [0.15, 0.2) is 42.5 Å². The summed E-state index contributed by atoms with van der Waals surface area (Å²) >= 11 is 0. The highest BCUT2D eigenvalue weighted by molar-refractivity contribution is 6.06. The van der Waals surface area contributed by atoms with Crippen LogP contribution in [0.25, 0.3) is 21.9 Å². The average molecular weight is 726 g/mol. The van der Waals surface area contributed by atoms with Crippen LogP contribution in [0.1, 0.15) is 38.6 Å². The standard InChI is InChI=1S/C34H43N7O11/c1-4-40(14-22-39-24-25(41(22)16-34(2,3)49)18-7-5-6-8-19(18)38-30(24)36)33(48)50-15-17-9-10-21(20(13-17)37-23(42)11-12-35)51-32-28(45)26(43)27(44)29(52-32)31(46)47/h5-10,13,26-29,32,43-45,49H,4,11-12,14-16,35H2,1-3H3,(H2,36,38)(H,37,42)(H,46,47)/t26-,27-,28+,29-,32+/m0/s1. The molecule has 5 atom stereocenters. The Labute approximate surface area is 297 Å². The van der Waals surface area contributed by atoms with E-state index in [-0.39, 0.29) is 56.5 Å². The fourth-order valence-electron chi connectivity index (χ4n) is 5.78. The van der Waals surface area contributed by atoms with Crippen molar-refractivity contribution in [3.8, 4) is 5.75 Å². The summed E-state index contributed by atoms with van der Waals surface area (Å²) in [5.74, 6) is -1.52. The van der Waals surface area contributed by atoms with Gasteiger partial charge in [-0.25, -0.2) is 19.6 Å². The van der Waals surface area contributed by atoms with Gasteiger partial charge in [0, 0.05) is 24.9 Å². The highest BCUT2D eigenvalue weighted by Crippen LogP contribution is 2.33. The first-order valence-corrected chi connectivity index (χ1v) is 16.5. The highest BCUT2D eigenvalue weighted by atomic mass is 16.7. The number of fused-ring (bicyclic) bond motifs is 3. The zero-order valence-corrected chi connectivity index (χ0v) is 28.8. The van der Waals surface area contributed by atoms with E-state index in [0.29, 0.717) is 27.9 Å². The Morgan fingerprint density at radius 2 is 1.81 bits per heavy atom. The van der Waals surface area contributed by atoms with Gasteiger partial charge in [0.15, 0.2) is 11.9 Å². The summed E-state index contributed by atoms with van der Waals surface area (Å²) in [6, 6.07) is 11.7. The van der Waals surface area contributed by atoms with Crippen molar-refractivity contribution < 1.29 is 54.1 Å². The van der Waals surface area contributed by atoms with Gasteiger partial charge in [-0.2, -0.15) is 0 Å². The molecule has 280 valence electrons. The minimum atomic E-state index is -1.92. The Bertz CT molecular complexity index is 1950. The number of para-hydroxylation sites is 1. The predicted octanol–water partition coefficient (Wildman–Crippen LogP) is 0.655. The van der Waals surface area contributed by atoms with Crippen molar-refractivity contribution >= 4 is 51.4 Å². The van der Waals surface area contributed by atoms with Crippen LogP contribution in [0.5, 0.6) is 5.75 Å². The van der Waals surface area contributed by atoms with E-state index in [0.717, 1.165) is 5.39 Å². The lowest BCUT2D eigenvalue weighted by atomic mass is 9.99. The maximum absolute atomic E-state index is 13.4. The minimum Gasteiger partial charge on any atom is -0.479 e. The molecule has 18 nitrogen and oxygen atoms in total. The summed E-state index contributed by atoms with van der Waals surface area (Å²) in [5.41, 5.74) is 12.9. The Balaban J connectivity index is 1.37. The second-order valence-electron chi connectivity index (χ2n) is 13.0. The Morgan fingerprint density at radius 1 is 1.08 bits per heavy atom. The topological polar surface area (TPSA) is 278 Å². The Morgan fingerprint density at radius 3 is 2.48 bits per heavy atom. The molecule has 52 heavy (non-hydrogen) atoms. The number of amides is 2. The van der Waals surface area contributed by atoms with Gasteiger partial charge in [0.25, 0.3) is 0 Å². The highest BCUT2D eigenvalue weighted by Gasteiger charge is 2.48. The molecule has 10 N–H and O–H groups in total. The number of carbonyl (C=O) groups excluding carboxylic acids is 2. The molecule has 0 aliphatic carbocycles. The molecule has 5 rings (SSSR count). The second-order valence-corrected chi connectivity index (χ2v) is 13.0. The summed E-state index contributed by atoms with van der Waals surface area (Å²) in [5, 5.41) is 54.2. The molecule has 0 radical (unpaired) electrons. The molecule has 3 heterocycles. The van der Waals surface area contributed by atoms with Gasteiger partial charge in [-0.05, 0) is 44.5 Å². The number of anilines is 2. The van der Waals surface area contributed by atoms with Crippen molar-refractivity contribution in [2.75, 3.05) is 24.1 Å². The van der Waals surface area contributed by atoms with E-state index in [4.69, 9.17) is 30.7 Å². The number of carboxylic acid groups (broad SMARTS) is 1. The van der Waals surface area contributed by atoms with Crippen molar-refractivity contribution in [2.24, 2.45) is 5.73 Å². The molecule has 1 aliphatic heterocycles. The van der Waals surface area contributed by atoms with Gasteiger partial charge in [0.1, 0.15) is 42.0 Å². The first kappa shape index (κ1) is 38.1.